The minimum atomic E-state index is -0.398. The predicted molar refractivity (Wildman–Crippen MR) is 62.8 cm³/mol. The first-order chi connectivity index (χ1) is 7.63. The van der Waals surface area contributed by atoms with E-state index >= 15 is 0 Å². The first kappa shape index (κ1) is 10.5. The Bertz CT molecular complexity index is 587. The fraction of sp³-hybridized carbons (Fsp3) is 0.250. The van der Waals surface area contributed by atoms with Crippen molar-refractivity contribution in [3.8, 4) is 5.75 Å². The zero-order valence-corrected chi connectivity index (χ0v) is 9.24. The van der Waals surface area contributed by atoms with Crippen molar-refractivity contribution in [3.63, 3.8) is 0 Å². The molecule has 0 bridgehead atoms. The highest BCUT2D eigenvalue weighted by Crippen LogP contribution is 2.31. The molecule has 16 heavy (non-hydrogen) atoms. The average Bonchev–Trinajstić information content (AvgIpc) is 2.23. The summed E-state index contributed by atoms with van der Waals surface area (Å²) in [5.41, 5.74) is 7.11. The van der Waals surface area contributed by atoms with Crippen molar-refractivity contribution in [3.05, 3.63) is 34.2 Å². The third-order valence-electron chi connectivity index (χ3n) is 2.42. The van der Waals surface area contributed by atoms with Gasteiger partial charge >= 0.3 is 5.63 Å². The zero-order valence-electron chi connectivity index (χ0n) is 9.24. The summed E-state index contributed by atoms with van der Waals surface area (Å²) in [5.74, 6) is 0.545. The molecule has 0 atom stereocenters. The molecule has 4 heteroatoms. The van der Waals surface area contributed by atoms with Crippen LogP contribution in [0.2, 0.25) is 0 Å². The van der Waals surface area contributed by atoms with Gasteiger partial charge in [0.15, 0.2) is 5.58 Å². The standard InChI is InChI=1S/C12H13NO3/c1-3-15-9-5-4-8-7(2)6-10(14)16-12(8)11(9)13/h4-6H,3,13H2,1-2H3. The lowest BCUT2D eigenvalue weighted by atomic mass is 10.1. The molecular formula is C12H13NO3. The van der Waals surface area contributed by atoms with Crippen molar-refractivity contribution in [1.29, 1.82) is 0 Å². The molecule has 1 heterocycles. The van der Waals surface area contributed by atoms with Gasteiger partial charge in [0.1, 0.15) is 11.4 Å². The van der Waals surface area contributed by atoms with Crippen LogP contribution in [0.4, 0.5) is 5.69 Å². The second-order valence-corrected chi connectivity index (χ2v) is 3.54. The minimum absolute atomic E-state index is 0.375. The lowest BCUT2D eigenvalue weighted by molar-refractivity contribution is 0.342. The number of hydrogen-bond donors (Lipinski definition) is 1. The van der Waals surface area contributed by atoms with E-state index in [9.17, 15) is 4.79 Å². The van der Waals surface area contributed by atoms with Crippen molar-refractivity contribution in [2.75, 3.05) is 12.3 Å². The van der Waals surface area contributed by atoms with Crippen molar-refractivity contribution in [2.24, 2.45) is 0 Å². The Hall–Kier alpha value is -1.97. The average molecular weight is 219 g/mol. The third-order valence-corrected chi connectivity index (χ3v) is 2.42. The van der Waals surface area contributed by atoms with Crippen LogP contribution >= 0.6 is 0 Å². The second kappa shape index (κ2) is 3.89. The van der Waals surface area contributed by atoms with E-state index in [0.29, 0.717) is 23.6 Å². The molecule has 2 aromatic rings. The number of benzene rings is 1. The summed E-state index contributed by atoms with van der Waals surface area (Å²) in [7, 11) is 0. The van der Waals surface area contributed by atoms with Crippen LogP contribution in [-0.2, 0) is 0 Å². The largest absolute Gasteiger partial charge is 0.492 e. The highest BCUT2D eigenvalue weighted by atomic mass is 16.5. The molecule has 0 saturated carbocycles. The first-order valence-corrected chi connectivity index (χ1v) is 5.09. The van der Waals surface area contributed by atoms with E-state index in [-0.39, 0.29) is 0 Å². The number of nitrogen functional groups attached to an aromatic ring is 1. The number of ether oxygens (including phenoxy) is 1. The summed E-state index contributed by atoms with van der Waals surface area (Å²) in [6.07, 6.45) is 0. The van der Waals surface area contributed by atoms with E-state index in [0.717, 1.165) is 10.9 Å². The van der Waals surface area contributed by atoms with E-state index in [1.165, 1.54) is 6.07 Å². The Labute approximate surface area is 92.6 Å². The van der Waals surface area contributed by atoms with Crippen molar-refractivity contribution in [1.82, 2.24) is 0 Å². The minimum Gasteiger partial charge on any atom is -0.492 e. The lowest BCUT2D eigenvalue weighted by Crippen LogP contribution is -2.02. The van der Waals surface area contributed by atoms with E-state index in [1.54, 1.807) is 6.07 Å². The van der Waals surface area contributed by atoms with Gasteiger partial charge in [-0.25, -0.2) is 4.79 Å². The van der Waals surface area contributed by atoms with Gasteiger partial charge in [-0.2, -0.15) is 0 Å². The molecule has 0 radical (unpaired) electrons. The number of rotatable bonds is 2. The van der Waals surface area contributed by atoms with Gasteiger partial charge in [0.25, 0.3) is 0 Å². The van der Waals surface area contributed by atoms with Crippen LogP contribution in [0.1, 0.15) is 12.5 Å². The third kappa shape index (κ3) is 1.62. The topological polar surface area (TPSA) is 65.5 Å². The Kier molecular flexibility index (Phi) is 2.56. The summed E-state index contributed by atoms with van der Waals surface area (Å²) >= 11 is 0. The highest BCUT2D eigenvalue weighted by molar-refractivity contribution is 5.92. The molecule has 0 aliphatic heterocycles. The highest BCUT2D eigenvalue weighted by Gasteiger charge is 2.10. The van der Waals surface area contributed by atoms with Crippen LogP contribution in [0.5, 0.6) is 5.75 Å². The van der Waals surface area contributed by atoms with Crippen LogP contribution in [0.25, 0.3) is 11.0 Å². The molecule has 0 aliphatic rings. The maximum atomic E-state index is 11.3. The monoisotopic (exact) mass is 219 g/mol. The molecule has 4 nitrogen and oxygen atoms in total. The molecule has 0 unspecified atom stereocenters. The van der Waals surface area contributed by atoms with Gasteiger partial charge in [0.05, 0.1) is 6.61 Å². The van der Waals surface area contributed by atoms with Gasteiger partial charge in [-0.3, -0.25) is 0 Å². The Morgan fingerprint density at radius 3 is 2.88 bits per heavy atom. The van der Waals surface area contributed by atoms with Gasteiger partial charge in [-0.05, 0) is 31.5 Å². The van der Waals surface area contributed by atoms with Gasteiger partial charge in [0, 0.05) is 11.5 Å². The van der Waals surface area contributed by atoms with Crippen molar-refractivity contribution >= 4 is 16.7 Å². The lowest BCUT2D eigenvalue weighted by Gasteiger charge is -2.09. The summed E-state index contributed by atoms with van der Waals surface area (Å²) in [4.78, 5) is 11.3. The summed E-state index contributed by atoms with van der Waals surface area (Å²) in [6, 6.07) is 5.07. The number of aryl methyl sites for hydroxylation is 1. The van der Waals surface area contributed by atoms with Gasteiger partial charge in [0.2, 0.25) is 0 Å². The molecular weight excluding hydrogens is 206 g/mol. The smallest absolute Gasteiger partial charge is 0.336 e. The number of nitrogens with two attached hydrogens (primary N) is 1. The SMILES string of the molecule is CCOc1ccc2c(C)cc(=O)oc2c1N. The molecule has 0 amide bonds. The molecule has 0 saturated heterocycles. The Morgan fingerprint density at radius 2 is 2.19 bits per heavy atom. The number of fused-ring (bicyclic) bond motifs is 1. The molecule has 2 rings (SSSR count). The fourth-order valence-electron chi connectivity index (χ4n) is 1.67. The zero-order chi connectivity index (χ0) is 11.7. The molecule has 84 valence electrons. The molecule has 2 N–H and O–H groups in total. The van der Waals surface area contributed by atoms with Gasteiger partial charge in [-0.1, -0.05) is 0 Å². The molecule has 0 spiro atoms. The quantitative estimate of drug-likeness (QED) is 0.620. The number of hydrogen-bond acceptors (Lipinski definition) is 4. The molecule has 1 aromatic heterocycles. The van der Waals surface area contributed by atoms with Crippen LogP contribution in [0.15, 0.2) is 27.4 Å². The molecule has 1 aromatic carbocycles. The fourth-order valence-corrected chi connectivity index (χ4v) is 1.67. The second-order valence-electron chi connectivity index (χ2n) is 3.54. The van der Waals surface area contributed by atoms with Crippen LogP contribution in [0, 0.1) is 6.92 Å². The van der Waals surface area contributed by atoms with Crippen LogP contribution in [-0.4, -0.2) is 6.61 Å². The first-order valence-electron chi connectivity index (χ1n) is 5.09. The van der Waals surface area contributed by atoms with Crippen molar-refractivity contribution in [2.45, 2.75) is 13.8 Å². The van der Waals surface area contributed by atoms with Crippen LogP contribution < -0.4 is 16.1 Å². The Morgan fingerprint density at radius 1 is 1.44 bits per heavy atom. The normalized spacial score (nSPS) is 10.6. The maximum Gasteiger partial charge on any atom is 0.336 e. The number of anilines is 1. The van der Waals surface area contributed by atoms with Crippen molar-refractivity contribution < 1.29 is 9.15 Å². The van der Waals surface area contributed by atoms with E-state index < -0.39 is 5.63 Å². The van der Waals surface area contributed by atoms with Gasteiger partial charge in [-0.15, -0.1) is 0 Å². The van der Waals surface area contributed by atoms with E-state index in [1.807, 2.05) is 19.9 Å². The predicted octanol–water partition coefficient (Wildman–Crippen LogP) is 2.08. The molecule has 0 fully saturated rings. The Balaban J connectivity index is 2.78. The van der Waals surface area contributed by atoms with Crippen LogP contribution in [0.3, 0.4) is 0 Å². The summed E-state index contributed by atoms with van der Waals surface area (Å²) < 4.78 is 10.4. The maximum absolute atomic E-state index is 11.3. The van der Waals surface area contributed by atoms with Gasteiger partial charge < -0.3 is 14.9 Å². The summed E-state index contributed by atoms with van der Waals surface area (Å²) in [5, 5.41) is 0.834. The summed E-state index contributed by atoms with van der Waals surface area (Å²) in [6.45, 7) is 4.24. The molecule has 0 aliphatic carbocycles. The van der Waals surface area contributed by atoms with E-state index in [2.05, 4.69) is 0 Å². The van der Waals surface area contributed by atoms with E-state index in [4.69, 9.17) is 14.9 Å².